The van der Waals surface area contributed by atoms with Crippen LogP contribution in [0.5, 0.6) is 0 Å². The first-order chi connectivity index (χ1) is 8.86. The largest absolute Gasteiger partial charge is 0.445 e. The van der Waals surface area contributed by atoms with Crippen LogP contribution in [-0.4, -0.2) is 14.8 Å². The van der Waals surface area contributed by atoms with E-state index in [2.05, 4.69) is 42.4 Å². The minimum atomic E-state index is 0.0534. The lowest BCUT2D eigenvalue weighted by molar-refractivity contribution is 0.448. The van der Waals surface area contributed by atoms with Crippen LogP contribution in [-0.2, 0) is 25.6 Å². The van der Waals surface area contributed by atoms with E-state index < -0.39 is 0 Å². The third-order valence-electron chi connectivity index (χ3n) is 2.88. The zero-order chi connectivity index (χ0) is 14.0. The molecule has 0 atom stereocenters. The van der Waals surface area contributed by atoms with Gasteiger partial charge in [-0.25, -0.2) is 4.98 Å². The molecule has 2 aromatic heterocycles. The zero-order valence-electron chi connectivity index (χ0n) is 12.3. The topological polar surface area (TPSA) is 55.9 Å². The van der Waals surface area contributed by atoms with E-state index >= 15 is 0 Å². The zero-order valence-corrected chi connectivity index (χ0v) is 12.3. The van der Waals surface area contributed by atoms with Crippen molar-refractivity contribution in [3.8, 4) is 0 Å². The SMILES string of the molecule is Cc1cnc(CNCc2cn(C)nc2C(C)(C)C)o1. The first-order valence-corrected chi connectivity index (χ1v) is 6.51. The van der Waals surface area contributed by atoms with E-state index in [1.165, 1.54) is 5.56 Å². The molecule has 0 aromatic carbocycles. The Morgan fingerprint density at radius 2 is 2.05 bits per heavy atom. The van der Waals surface area contributed by atoms with Crippen molar-refractivity contribution < 1.29 is 4.42 Å². The summed E-state index contributed by atoms with van der Waals surface area (Å²) in [5.41, 5.74) is 2.40. The average molecular weight is 262 g/mol. The molecule has 0 radical (unpaired) electrons. The number of aromatic nitrogens is 3. The summed E-state index contributed by atoms with van der Waals surface area (Å²) in [7, 11) is 1.95. The number of rotatable bonds is 4. The molecule has 2 heterocycles. The van der Waals surface area contributed by atoms with Gasteiger partial charge < -0.3 is 9.73 Å². The molecule has 19 heavy (non-hydrogen) atoms. The molecule has 2 aromatic rings. The molecule has 0 saturated heterocycles. The van der Waals surface area contributed by atoms with Gasteiger partial charge in [-0.2, -0.15) is 5.10 Å². The minimum absolute atomic E-state index is 0.0534. The Morgan fingerprint density at radius 1 is 1.32 bits per heavy atom. The van der Waals surface area contributed by atoms with Gasteiger partial charge in [0.25, 0.3) is 0 Å². The summed E-state index contributed by atoms with van der Waals surface area (Å²) in [5, 5.41) is 7.90. The average Bonchev–Trinajstić information content (AvgIpc) is 2.85. The molecule has 0 aliphatic carbocycles. The molecule has 2 rings (SSSR count). The Bertz CT molecular complexity index is 548. The third kappa shape index (κ3) is 3.44. The fraction of sp³-hybridized carbons (Fsp3) is 0.571. The lowest BCUT2D eigenvalue weighted by Gasteiger charge is -2.17. The van der Waals surface area contributed by atoms with Crippen LogP contribution in [0.4, 0.5) is 0 Å². The quantitative estimate of drug-likeness (QED) is 0.918. The van der Waals surface area contributed by atoms with E-state index in [4.69, 9.17) is 4.42 Å². The van der Waals surface area contributed by atoms with Crippen LogP contribution in [0.15, 0.2) is 16.8 Å². The van der Waals surface area contributed by atoms with Gasteiger partial charge in [0, 0.05) is 30.8 Å². The van der Waals surface area contributed by atoms with Gasteiger partial charge in [-0.3, -0.25) is 4.68 Å². The second-order valence-corrected chi connectivity index (χ2v) is 5.89. The first kappa shape index (κ1) is 13.8. The summed E-state index contributed by atoms with van der Waals surface area (Å²) in [4.78, 5) is 4.17. The summed E-state index contributed by atoms with van der Waals surface area (Å²) in [6.07, 6.45) is 3.80. The molecule has 0 fully saturated rings. The molecular formula is C14H22N4O. The van der Waals surface area contributed by atoms with Crippen LogP contribution in [0.25, 0.3) is 0 Å². The predicted molar refractivity (Wildman–Crippen MR) is 73.7 cm³/mol. The molecular weight excluding hydrogens is 240 g/mol. The van der Waals surface area contributed by atoms with Crippen LogP contribution >= 0.6 is 0 Å². The summed E-state index contributed by atoms with van der Waals surface area (Å²) >= 11 is 0. The molecule has 0 aliphatic heterocycles. The molecule has 0 aliphatic rings. The highest BCUT2D eigenvalue weighted by Crippen LogP contribution is 2.23. The molecule has 0 amide bonds. The number of aryl methyl sites for hydroxylation is 2. The van der Waals surface area contributed by atoms with Gasteiger partial charge in [-0.15, -0.1) is 0 Å². The molecule has 0 spiro atoms. The maximum absolute atomic E-state index is 5.43. The number of hydrogen-bond acceptors (Lipinski definition) is 4. The van der Waals surface area contributed by atoms with Crippen molar-refractivity contribution in [2.75, 3.05) is 0 Å². The highest BCUT2D eigenvalue weighted by molar-refractivity contribution is 5.23. The lowest BCUT2D eigenvalue weighted by Crippen LogP contribution is -2.19. The van der Waals surface area contributed by atoms with Crippen LogP contribution in [0.2, 0.25) is 0 Å². The fourth-order valence-electron chi connectivity index (χ4n) is 2.09. The molecule has 0 bridgehead atoms. The summed E-state index contributed by atoms with van der Waals surface area (Å²) in [6.45, 7) is 9.83. The number of nitrogens with zero attached hydrogens (tertiary/aromatic N) is 3. The van der Waals surface area contributed by atoms with Crippen LogP contribution in [0, 0.1) is 6.92 Å². The van der Waals surface area contributed by atoms with Crippen molar-refractivity contribution in [1.82, 2.24) is 20.1 Å². The van der Waals surface area contributed by atoms with Crippen molar-refractivity contribution in [1.29, 1.82) is 0 Å². The van der Waals surface area contributed by atoms with Crippen molar-refractivity contribution in [2.24, 2.45) is 7.05 Å². The minimum Gasteiger partial charge on any atom is -0.445 e. The fourth-order valence-corrected chi connectivity index (χ4v) is 2.09. The van der Waals surface area contributed by atoms with E-state index in [-0.39, 0.29) is 5.41 Å². The second kappa shape index (κ2) is 5.17. The molecule has 5 heteroatoms. The Labute approximate surface area is 114 Å². The Kier molecular flexibility index (Phi) is 3.75. The number of oxazole rings is 1. The lowest BCUT2D eigenvalue weighted by atomic mass is 9.89. The van der Waals surface area contributed by atoms with Gasteiger partial charge >= 0.3 is 0 Å². The molecule has 1 N–H and O–H groups in total. The van der Waals surface area contributed by atoms with Crippen LogP contribution in [0.3, 0.4) is 0 Å². The molecule has 0 saturated carbocycles. The van der Waals surface area contributed by atoms with Gasteiger partial charge in [0.05, 0.1) is 18.4 Å². The highest BCUT2D eigenvalue weighted by Gasteiger charge is 2.21. The van der Waals surface area contributed by atoms with Crippen molar-refractivity contribution >= 4 is 0 Å². The van der Waals surface area contributed by atoms with Gasteiger partial charge in [-0.05, 0) is 6.92 Å². The monoisotopic (exact) mass is 262 g/mol. The standard InChI is InChI=1S/C14H22N4O/c1-10-6-16-12(19-10)8-15-7-11-9-18(5)17-13(11)14(2,3)4/h6,9,15H,7-8H2,1-5H3. The molecule has 104 valence electrons. The third-order valence-corrected chi connectivity index (χ3v) is 2.88. The maximum Gasteiger partial charge on any atom is 0.208 e. The summed E-state index contributed by atoms with van der Waals surface area (Å²) in [6, 6.07) is 0. The smallest absolute Gasteiger partial charge is 0.208 e. The summed E-state index contributed by atoms with van der Waals surface area (Å²) < 4.78 is 7.30. The Hall–Kier alpha value is -1.62. The molecule has 0 unspecified atom stereocenters. The first-order valence-electron chi connectivity index (χ1n) is 6.51. The maximum atomic E-state index is 5.43. The van der Waals surface area contributed by atoms with Crippen LogP contribution < -0.4 is 5.32 Å². The van der Waals surface area contributed by atoms with Gasteiger partial charge in [0.15, 0.2) is 0 Å². The van der Waals surface area contributed by atoms with E-state index in [1.807, 2.05) is 18.7 Å². The van der Waals surface area contributed by atoms with Crippen LogP contribution in [0.1, 0.15) is 43.7 Å². The predicted octanol–water partition coefficient (Wildman–Crippen LogP) is 2.30. The normalized spacial score (nSPS) is 12.1. The van der Waals surface area contributed by atoms with E-state index in [9.17, 15) is 0 Å². The van der Waals surface area contributed by atoms with E-state index in [0.717, 1.165) is 23.9 Å². The van der Waals surface area contributed by atoms with Crippen molar-refractivity contribution in [2.45, 2.75) is 46.2 Å². The van der Waals surface area contributed by atoms with E-state index in [0.29, 0.717) is 6.54 Å². The highest BCUT2D eigenvalue weighted by atomic mass is 16.4. The summed E-state index contributed by atoms with van der Waals surface area (Å²) in [5.74, 6) is 1.56. The number of nitrogens with one attached hydrogen (secondary N) is 1. The van der Waals surface area contributed by atoms with Gasteiger partial charge in [-0.1, -0.05) is 20.8 Å². The Morgan fingerprint density at radius 3 is 2.63 bits per heavy atom. The Balaban J connectivity index is 2.00. The van der Waals surface area contributed by atoms with Gasteiger partial charge in [0.2, 0.25) is 5.89 Å². The van der Waals surface area contributed by atoms with Crippen molar-refractivity contribution in [3.63, 3.8) is 0 Å². The van der Waals surface area contributed by atoms with Gasteiger partial charge in [0.1, 0.15) is 5.76 Å². The van der Waals surface area contributed by atoms with Crippen molar-refractivity contribution in [3.05, 3.63) is 35.3 Å². The second-order valence-electron chi connectivity index (χ2n) is 5.89. The van der Waals surface area contributed by atoms with E-state index in [1.54, 1.807) is 6.20 Å². The molecule has 5 nitrogen and oxygen atoms in total. The number of hydrogen-bond donors (Lipinski definition) is 1.